The van der Waals surface area contributed by atoms with Crippen LogP contribution in [0.2, 0.25) is 0 Å². The van der Waals surface area contributed by atoms with Gasteiger partial charge in [-0.1, -0.05) is 0 Å². The maximum atomic E-state index is 10.5. The van der Waals surface area contributed by atoms with Gasteiger partial charge in [-0.15, -0.1) is 0 Å². The average Bonchev–Trinajstić information content (AvgIpc) is 2.13. The molecule has 13 heavy (non-hydrogen) atoms. The Labute approximate surface area is 96.6 Å². The second-order valence-corrected chi connectivity index (χ2v) is 1.70. The van der Waals surface area contributed by atoms with Crippen LogP contribution in [0.25, 0.3) is 0 Å². The van der Waals surface area contributed by atoms with E-state index in [1.807, 2.05) is 0 Å². The summed E-state index contributed by atoms with van der Waals surface area (Å²) in [5.74, 6) is -0.306. The summed E-state index contributed by atoms with van der Waals surface area (Å²) in [7, 11) is 0.750. The third-order valence-corrected chi connectivity index (χ3v) is 0.983. The van der Waals surface area contributed by atoms with Gasteiger partial charge < -0.3 is 20.3 Å². The molecule has 3 N–H and O–H groups in total. The average molecular weight is 196 g/mol. The zero-order chi connectivity index (χ0) is 9.56. The molecule has 0 unspecified atom stereocenters. The molecule has 6 nitrogen and oxygen atoms in total. The first-order chi connectivity index (χ1) is 5.74. The number of nitrogens with one attached hydrogen (secondary N) is 1. The van der Waals surface area contributed by atoms with Crippen LogP contribution in [-0.4, -0.2) is 27.3 Å². The molecule has 0 aromatic carbocycles. The molecule has 0 atom stereocenters. The number of aliphatic hydroxyl groups is 1. The van der Waals surface area contributed by atoms with E-state index >= 15 is 0 Å². The molecule has 1 aromatic heterocycles. The van der Waals surface area contributed by atoms with Crippen molar-refractivity contribution in [1.82, 2.24) is 9.97 Å². The largest absolute Gasteiger partial charge is 1.00 e. The molecule has 7 heteroatoms. The second kappa shape index (κ2) is 8.21. The number of nitrogens with zero attached hydrogens (tertiary/aromatic N) is 1. The summed E-state index contributed by atoms with van der Waals surface area (Å²) in [5.41, 5.74) is -0.640. The Morgan fingerprint density at radius 1 is 1.62 bits per heavy atom. The molecule has 68 valence electrons. The molecule has 0 aliphatic carbocycles. The van der Waals surface area contributed by atoms with Crippen molar-refractivity contribution in [3.05, 3.63) is 22.4 Å². The number of aromatic amines is 1. The Bertz CT molecular complexity index is 288. The van der Waals surface area contributed by atoms with Gasteiger partial charge in [0.05, 0.1) is 6.20 Å². The topological polar surface area (TPSA) is 109 Å². The van der Waals surface area contributed by atoms with Gasteiger partial charge in [0, 0.05) is 0 Å². The van der Waals surface area contributed by atoms with E-state index in [2.05, 4.69) is 9.97 Å². The van der Waals surface area contributed by atoms with Crippen molar-refractivity contribution in [3.8, 4) is 5.75 Å². The van der Waals surface area contributed by atoms with Gasteiger partial charge >= 0.3 is 29.6 Å². The molecular weight excluding hydrogens is 187 g/mol. The molecule has 0 radical (unpaired) electrons. The van der Waals surface area contributed by atoms with Crippen molar-refractivity contribution < 1.29 is 44.9 Å². The number of aliphatic hydroxyl groups excluding tert-OH is 1. The van der Waals surface area contributed by atoms with Crippen LogP contribution in [0.3, 0.4) is 0 Å². The molecule has 0 amide bonds. The van der Waals surface area contributed by atoms with Crippen LogP contribution in [0.5, 0.6) is 5.75 Å². The number of aromatic nitrogens is 2. The summed E-state index contributed by atoms with van der Waals surface area (Å²) in [6, 6.07) is 0. The Kier molecular flexibility index (Phi) is 9.53. The third-order valence-electron chi connectivity index (χ3n) is 0.983. The number of H-pyrrole nitrogens is 1. The van der Waals surface area contributed by atoms with Crippen LogP contribution >= 0.6 is 0 Å². The summed E-state index contributed by atoms with van der Waals surface area (Å²) in [6.45, 7) is -0.338. The molecule has 0 aliphatic heterocycles. The van der Waals surface area contributed by atoms with E-state index in [9.17, 15) is 4.79 Å². The predicted molar refractivity (Wildman–Crippen MR) is 38.4 cm³/mol. The molecule has 1 rings (SSSR count). The molecule has 0 spiro atoms. The molecule has 0 saturated heterocycles. The van der Waals surface area contributed by atoms with Crippen molar-refractivity contribution in [2.24, 2.45) is 0 Å². The standard InChI is InChI=1S/C5H6N2O3.CH3O.Na/c8-2-4-6-1-3(9)5(10)7-4;1-2;/h1,8-9H,2H2,(H,6,7,10);1H3;/q;-1;+1. The van der Waals surface area contributed by atoms with E-state index in [4.69, 9.17) is 15.3 Å². The fraction of sp³-hybridized carbons (Fsp3) is 0.333. The van der Waals surface area contributed by atoms with Crippen LogP contribution < -0.4 is 40.2 Å². The van der Waals surface area contributed by atoms with E-state index in [1.54, 1.807) is 0 Å². The summed E-state index contributed by atoms with van der Waals surface area (Å²) >= 11 is 0. The van der Waals surface area contributed by atoms with Crippen molar-refractivity contribution in [3.63, 3.8) is 0 Å². The van der Waals surface area contributed by atoms with Crippen LogP contribution in [0, 0.1) is 0 Å². The zero-order valence-electron chi connectivity index (χ0n) is 7.44. The third kappa shape index (κ3) is 5.02. The van der Waals surface area contributed by atoms with E-state index in [-0.39, 0.29) is 42.0 Å². The van der Waals surface area contributed by atoms with Crippen molar-refractivity contribution in [2.45, 2.75) is 6.61 Å². The Balaban J connectivity index is 0. The van der Waals surface area contributed by atoms with Crippen LogP contribution in [-0.2, 0) is 6.61 Å². The summed E-state index contributed by atoms with van der Waals surface area (Å²) in [6.07, 6.45) is 0.990. The van der Waals surface area contributed by atoms with Gasteiger partial charge in [-0.2, -0.15) is 7.11 Å². The maximum absolute atomic E-state index is 10.5. The molecule has 0 bridgehead atoms. The van der Waals surface area contributed by atoms with Gasteiger partial charge in [-0.25, -0.2) is 4.98 Å². The number of rotatable bonds is 1. The van der Waals surface area contributed by atoms with E-state index in [1.165, 1.54) is 0 Å². The first-order valence-electron chi connectivity index (χ1n) is 3.03. The first-order valence-corrected chi connectivity index (χ1v) is 3.03. The minimum absolute atomic E-state index is 0. The Hall–Kier alpha value is -0.400. The van der Waals surface area contributed by atoms with E-state index in [0.717, 1.165) is 13.3 Å². The molecule has 1 heterocycles. The van der Waals surface area contributed by atoms with Crippen LogP contribution in [0.1, 0.15) is 5.82 Å². The molecule has 0 fully saturated rings. The minimum Gasteiger partial charge on any atom is -0.857 e. The maximum Gasteiger partial charge on any atom is 1.00 e. The van der Waals surface area contributed by atoms with Crippen molar-refractivity contribution in [2.75, 3.05) is 7.11 Å². The Morgan fingerprint density at radius 3 is 2.54 bits per heavy atom. The van der Waals surface area contributed by atoms with Gasteiger partial charge in [-0.3, -0.25) is 4.79 Å². The minimum atomic E-state index is -0.640. The predicted octanol–water partition coefficient (Wildman–Crippen LogP) is -5.05. The second-order valence-electron chi connectivity index (χ2n) is 1.70. The fourth-order valence-electron chi connectivity index (χ4n) is 0.505. The van der Waals surface area contributed by atoms with Gasteiger partial charge in [0.1, 0.15) is 12.4 Å². The van der Waals surface area contributed by atoms with Crippen molar-refractivity contribution >= 4 is 0 Å². The SMILES string of the molecule is C[O-].O=c1[nH]c(CO)ncc1O.[Na+]. The van der Waals surface area contributed by atoms with Gasteiger partial charge in [0.2, 0.25) is 0 Å². The summed E-state index contributed by atoms with van der Waals surface area (Å²) in [5, 5.41) is 25.3. The molecule has 0 aliphatic rings. The van der Waals surface area contributed by atoms with E-state index < -0.39 is 11.3 Å². The normalized spacial score (nSPS) is 7.92. The molecule has 0 saturated carbocycles. The Morgan fingerprint density at radius 2 is 2.15 bits per heavy atom. The number of aromatic hydroxyl groups is 1. The molecular formula is C6H9N2NaO4. The quantitative estimate of drug-likeness (QED) is 0.389. The zero-order valence-corrected chi connectivity index (χ0v) is 9.44. The fourth-order valence-corrected chi connectivity index (χ4v) is 0.505. The first kappa shape index (κ1) is 15.1. The number of hydrogen-bond donors (Lipinski definition) is 3. The van der Waals surface area contributed by atoms with Crippen LogP contribution in [0.15, 0.2) is 11.0 Å². The van der Waals surface area contributed by atoms with Crippen LogP contribution in [0.4, 0.5) is 0 Å². The summed E-state index contributed by atoms with van der Waals surface area (Å²) < 4.78 is 0. The smallest absolute Gasteiger partial charge is 0.857 e. The summed E-state index contributed by atoms with van der Waals surface area (Å²) in [4.78, 5) is 16.2. The van der Waals surface area contributed by atoms with Gasteiger partial charge in [-0.05, 0) is 0 Å². The number of hydrogen-bond acceptors (Lipinski definition) is 5. The van der Waals surface area contributed by atoms with E-state index in [0.29, 0.717) is 0 Å². The monoisotopic (exact) mass is 196 g/mol. The van der Waals surface area contributed by atoms with Gasteiger partial charge in [0.25, 0.3) is 5.56 Å². The molecule has 1 aromatic rings. The van der Waals surface area contributed by atoms with Gasteiger partial charge in [0.15, 0.2) is 5.75 Å². The van der Waals surface area contributed by atoms with Crippen molar-refractivity contribution in [1.29, 1.82) is 0 Å².